The second-order valence-electron chi connectivity index (χ2n) is 7.29. The van der Waals surface area contributed by atoms with Crippen LogP contribution in [0, 0.1) is 10.1 Å². The fourth-order valence-corrected chi connectivity index (χ4v) is 4.66. The van der Waals surface area contributed by atoms with E-state index in [9.17, 15) is 23.3 Å². The maximum atomic E-state index is 12.9. The Morgan fingerprint density at radius 2 is 1.76 bits per heavy atom. The third-order valence-corrected chi connectivity index (χ3v) is 7.01. The molecule has 0 fully saturated rings. The van der Waals surface area contributed by atoms with Crippen molar-refractivity contribution >= 4 is 38.7 Å². The van der Waals surface area contributed by atoms with Crippen molar-refractivity contribution in [2.75, 3.05) is 42.1 Å². The number of rotatable bonds is 13. The first kappa shape index (κ1) is 26.1. The van der Waals surface area contributed by atoms with Crippen molar-refractivity contribution in [1.82, 2.24) is 4.31 Å². The van der Waals surface area contributed by atoms with Crippen molar-refractivity contribution < 1.29 is 18.1 Å². The monoisotopic (exact) mass is 477 g/mol. The van der Waals surface area contributed by atoms with Crippen LogP contribution in [0.3, 0.4) is 0 Å². The Hall–Kier alpha value is -3.18. The number of anilines is 3. The molecular formula is C22H31N5O5S. The molecule has 0 bridgehead atoms. The first-order valence-electron chi connectivity index (χ1n) is 10.9. The molecule has 2 rings (SSSR count). The van der Waals surface area contributed by atoms with Crippen molar-refractivity contribution in [1.29, 1.82) is 0 Å². The molecule has 10 nitrogen and oxygen atoms in total. The minimum Gasteiger partial charge on any atom is -0.383 e. The molecule has 0 unspecified atom stereocenters. The molecule has 2 aromatic rings. The Morgan fingerprint density at radius 3 is 2.39 bits per heavy atom. The zero-order chi connectivity index (χ0) is 24.4. The quantitative estimate of drug-likeness (QED) is 0.226. The molecule has 2 aromatic carbocycles. The number of amides is 1. The lowest BCUT2D eigenvalue weighted by molar-refractivity contribution is -0.384. The summed E-state index contributed by atoms with van der Waals surface area (Å²) in [6.07, 6.45) is 1.93. The Morgan fingerprint density at radius 1 is 1.03 bits per heavy atom. The summed E-state index contributed by atoms with van der Waals surface area (Å²) in [5, 5.41) is 19.8. The minimum absolute atomic E-state index is 0.127. The number of non-ortho nitro benzene ring substituents is 1. The van der Waals surface area contributed by atoms with Gasteiger partial charge in [-0.15, -0.1) is 0 Å². The summed E-state index contributed by atoms with van der Waals surface area (Å²) < 4.78 is 27.2. The highest BCUT2D eigenvalue weighted by Gasteiger charge is 2.22. The zero-order valence-electron chi connectivity index (χ0n) is 19.1. The number of carbonyl (C=O) groups is 1. The van der Waals surface area contributed by atoms with E-state index >= 15 is 0 Å². The molecule has 0 aliphatic carbocycles. The van der Waals surface area contributed by atoms with Gasteiger partial charge in [0.25, 0.3) is 5.69 Å². The second-order valence-corrected chi connectivity index (χ2v) is 9.22. The summed E-state index contributed by atoms with van der Waals surface area (Å²) in [6, 6.07) is 10.4. The third-order valence-electron chi connectivity index (χ3n) is 4.96. The summed E-state index contributed by atoms with van der Waals surface area (Å²) in [7, 11) is -3.66. The molecular weight excluding hydrogens is 446 g/mol. The van der Waals surface area contributed by atoms with Crippen molar-refractivity contribution in [2.45, 2.75) is 38.5 Å². The van der Waals surface area contributed by atoms with Crippen LogP contribution in [0.2, 0.25) is 0 Å². The molecule has 0 heterocycles. The van der Waals surface area contributed by atoms with E-state index < -0.39 is 20.9 Å². The molecule has 33 heavy (non-hydrogen) atoms. The first-order valence-corrected chi connectivity index (χ1v) is 12.3. The molecule has 11 heteroatoms. The van der Waals surface area contributed by atoms with Gasteiger partial charge in [0.2, 0.25) is 15.9 Å². The average Bonchev–Trinajstić information content (AvgIpc) is 2.79. The van der Waals surface area contributed by atoms with Crippen molar-refractivity contribution in [2.24, 2.45) is 0 Å². The normalized spacial score (nSPS) is 11.3. The highest BCUT2D eigenvalue weighted by molar-refractivity contribution is 7.89. The molecule has 0 aliphatic rings. The number of hydrogen-bond acceptors (Lipinski definition) is 7. The molecule has 0 atom stereocenters. The number of nitro groups is 1. The fraction of sp³-hybridized carbons (Fsp3) is 0.409. The summed E-state index contributed by atoms with van der Waals surface area (Å²) in [4.78, 5) is 22.9. The Kier molecular flexibility index (Phi) is 9.61. The van der Waals surface area contributed by atoms with Gasteiger partial charge in [0, 0.05) is 37.5 Å². The van der Waals surface area contributed by atoms with Gasteiger partial charge in [0.15, 0.2) is 0 Å². The Labute approximate surface area is 194 Å². The van der Waals surface area contributed by atoms with Gasteiger partial charge < -0.3 is 16.0 Å². The topological polar surface area (TPSA) is 134 Å². The number of unbranched alkanes of at least 4 members (excludes halogenated alkanes) is 1. The van der Waals surface area contributed by atoms with E-state index in [2.05, 4.69) is 22.9 Å². The molecule has 0 radical (unpaired) electrons. The largest absolute Gasteiger partial charge is 0.383 e. The Bertz CT molecular complexity index is 1070. The van der Waals surface area contributed by atoms with Gasteiger partial charge in [-0.05, 0) is 30.7 Å². The van der Waals surface area contributed by atoms with Crippen molar-refractivity contribution in [3.63, 3.8) is 0 Å². The number of hydrogen-bond donors (Lipinski definition) is 3. The van der Waals surface area contributed by atoms with E-state index in [4.69, 9.17) is 0 Å². The molecule has 0 spiro atoms. The van der Waals surface area contributed by atoms with Gasteiger partial charge in [0.05, 0.1) is 27.7 Å². The number of nitrogens with one attached hydrogen (secondary N) is 3. The predicted octanol–water partition coefficient (Wildman–Crippen LogP) is 3.89. The average molecular weight is 478 g/mol. The van der Waals surface area contributed by atoms with Crippen LogP contribution in [0.4, 0.5) is 22.7 Å². The van der Waals surface area contributed by atoms with E-state index in [1.165, 1.54) is 28.6 Å². The summed E-state index contributed by atoms with van der Waals surface area (Å²) in [5.41, 5.74) is 1.34. The standard InChI is InChI=1S/C22H31N5O5S/c1-4-7-13-23-20-12-11-19(33(31,32)26(5-2)6-3)15-21(20)24-16-22(28)25-17-9-8-10-18(14-17)27(29)30/h8-12,14-15,23-24H,4-7,13,16H2,1-3H3,(H,25,28). The van der Waals surface area contributed by atoms with Crippen LogP contribution in [0.1, 0.15) is 33.6 Å². The van der Waals surface area contributed by atoms with Crippen LogP contribution in [0.25, 0.3) is 0 Å². The lowest BCUT2D eigenvalue weighted by Gasteiger charge is -2.20. The number of carbonyl (C=O) groups excluding carboxylic acids is 1. The number of benzene rings is 2. The molecule has 0 saturated heterocycles. The van der Waals surface area contributed by atoms with E-state index in [0.717, 1.165) is 12.8 Å². The van der Waals surface area contributed by atoms with Crippen LogP contribution < -0.4 is 16.0 Å². The van der Waals surface area contributed by atoms with Crippen molar-refractivity contribution in [3.8, 4) is 0 Å². The SMILES string of the molecule is CCCCNc1ccc(S(=O)(=O)N(CC)CC)cc1NCC(=O)Nc1cccc([N+](=O)[O-])c1. The molecule has 0 aromatic heterocycles. The predicted molar refractivity (Wildman–Crippen MR) is 130 cm³/mol. The Balaban J connectivity index is 2.21. The number of sulfonamides is 1. The lowest BCUT2D eigenvalue weighted by Crippen LogP contribution is -2.30. The van der Waals surface area contributed by atoms with E-state index in [1.807, 2.05) is 0 Å². The molecule has 3 N–H and O–H groups in total. The van der Waals surface area contributed by atoms with E-state index in [1.54, 1.807) is 32.0 Å². The second kappa shape index (κ2) is 12.2. The van der Waals surface area contributed by atoms with Crippen LogP contribution >= 0.6 is 0 Å². The third kappa shape index (κ3) is 7.16. The van der Waals surface area contributed by atoms with Gasteiger partial charge in [0.1, 0.15) is 0 Å². The minimum atomic E-state index is -3.66. The van der Waals surface area contributed by atoms with Crippen LogP contribution in [0.15, 0.2) is 47.4 Å². The maximum Gasteiger partial charge on any atom is 0.271 e. The maximum absolute atomic E-state index is 12.9. The molecule has 0 aliphatic heterocycles. The zero-order valence-corrected chi connectivity index (χ0v) is 19.9. The number of nitro benzene ring substituents is 1. The van der Waals surface area contributed by atoms with Gasteiger partial charge in [-0.25, -0.2) is 8.42 Å². The van der Waals surface area contributed by atoms with Gasteiger partial charge >= 0.3 is 0 Å². The summed E-state index contributed by atoms with van der Waals surface area (Å²) in [6.45, 7) is 6.87. The highest BCUT2D eigenvalue weighted by Crippen LogP contribution is 2.27. The van der Waals surface area contributed by atoms with Crippen LogP contribution in [0.5, 0.6) is 0 Å². The molecule has 0 saturated carbocycles. The van der Waals surface area contributed by atoms with E-state index in [-0.39, 0.29) is 17.1 Å². The van der Waals surface area contributed by atoms with Crippen LogP contribution in [-0.2, 0) is 14.8 Å². The molecule has 1 amide bonds. The van der Waals surface area contributed by atoms with Gasteiger partial charge in [-0.3, -0.25) is 14.9 Å². The van der Waals surface area contributed by atoms with E-state index in [0.29, 0.717) is 36.7 Å². The smallest absolute Gasteiger partial charge is 0.271 e. The lowest BCUT2D eigenvalue weighted by atomic mass is 10.2. The van der Waals surface area contributed by atoms with Gasteiger partial charge in [-0.1, -0.05) is 33.3 Å². The summed E-state index contributed by atoms with van der Waals surface area (Å²) >= 11 is 0. The van der Waals surface area contributed by atoms with Crippen LogP contribution in [-0.4, -0.2) is 49.7 Å². The molecule has 180 valence electrons. The highest BCUT2D eigenvalue weighted by atomic mass is 32.2. The summed E-state index contributed by atoms with van der Waals surface area (Å²) in [5.74, 6) is -0.424. The van der Waals surface area contributed by atoms with Gasteiger partial charge in [-0.2, -0.15) is 4.31 Å². The first-order chi connectivity index (χ1) is 15.7. The fourth-order valence-electron chi connectivity index (χ4n) is 3.17. The number of nitrogens with zero attached hydrogens (tertiary/aromatic N) is 2. The van der Waals surface area contributed by atoms with Crippen molar-refractivity contribution in [3.05, 3.63) is 52.6 Å².